The quantitative estimate of drug-likeness (QED) is 0.577. The lowest BCUT2D eigenvalue weighted by Crippen LogP contribution is -2.27. The normalized spacial score (nSPS) is 24.1. The maximum Gasteiger partial charge on any atom is 0.141 e. The van der Waals surface area contributed by atoms with Crippen LogP contribution in [0, 0.1) is 0 Å². The van der Waals surface area contributed by atoms with Gasteiger partial charge in [0.15, 0.2) is 0 Å². The number of rotatable bonds is 4. The van der Waals surface area contributed by atoms with Crippen LogP contribution in [-0.4, -0.2) is 44.5 Å². The molecule has 2 rings (SSSR count). The molecule has 0 aromatic carbocycles. The van der Waals surface area contributed by atoms with Gasteiger partial charge in [0, 0.05) is 45.3 Å². The number of nitrogens with two attached hydrogens (primary N) is 1. The molecule has 1 fully saturated rings. The Morgan fingerprint density at radius 1 is 1.35 bits per heavy atom. The molecule has 0 bridgehead atoms. The summed E-state index contributed by atoms with van der Waals surface area (Å²) in [5, 5.41) is 0. The Bertz CT molecular complexity index is 362. The van der Waals surface area contributed by atoms with E-state index in [1.807, 2.05) is 12.1 Å². The molecule has 0 spiro atoms. The highest BCUT2D eigenvalue weighted by Crippen LogP contribution is 2.24. The van der Waals surface area contributed by atoms with E-state index in [1.54, 1.807) is 20.4 Å². The molecule has 1 aromatic rings. The molecule has 0 amide bonds. The van der Waals surface area contributed by atoms with Gasteiger partial charge in [-0.2, -0.15) is 0 Å². The Hall–Kier alpha value is -1.37. The molecular weight excluding hydrogens is 220 g/mol. The molecule has 1 aromatic heterocycles. The Labute approximate surface area is 101 Å². The van der Waals surface area contributed by atoms with Gasteiger partial charge in [-0.1, -0.05) is 0 Å². The highest BCUT2D eigenvalue weighted by molar-refractivity contribution is 5.54. The molecule has 1 saturated heterocycles. The number of nitrogen functional groups attached to an aromatic ring is 1. The predicted octanol–water partition coefficient (Wildman–Crippen LogP) is 0.217. The topological polar surface area (TPSA) is 72.6 Å². The summed E-state index contributed by atoms with van der Waals surface area (Å²) < 4.78 is 10.8. The van der Waals surface area contributed by atoms with E-state index in [0.717, 1.165) is 18.8 Å². The van der Waals surface area contributed by atoms with Crippen molar-refractivity contribution in [2.45, 2.75) is 12.2 Å². The molecule has 1 aliphatic heterocycles. The zero-order valence-corrected chi connectivity index (χ0v) is 10.1. The lowest BCUT2D eigenvalue weighted by atomic mass is 10.3. The molecule has 3 N–H and O–H groups in total. The monoisotopic (exact) mass is 238 g/mol. The van der Waals surface area contributed by atoms with E-state index in [9.17, 15) is 0 Å². The number of hydrogen-bond donors (Lipinski definition) is 2. The van der Waals surface area contributed by atoms with E-state index in [-0.39, 0.29) is 12.2 Å². The first-order valence-corrected chi connectivity index (χ1v) is 5.51. The van der Waals surface area contributed by atoms with Gasteiger partial charge in [0.2, 0.25) is 0 Å². The largest absolute Gasteiger partial charge is 0.377 e. The van der Waals surface area contributed by atoms with Gasteiger partial charge < -0.3 is 19.8 Å². The summed E-state index contributed by atoms with van der Waals surface area (Å²) in [6.07, 6.45) is 1.93. The molecule has 0 aliphatic carbocycles. The first kappa shape index (κ1) is 12.1. The molecule has 2 unspecified atom stereocenters. The van der Waals surface area contributed by atoms with Crippen LogP contribution in [0.25, 0.3) is 0 Å². The Kier molecular flexibility index (Phi) is 3.78. The minimum atomic E-state index is 0.0995. The van der Waals surface area contributed by atoms with Crippen LogP contribution in [0.4, 0.5) is 11.5 Å². The molecule has 6 nitrogen and oxygen atoms in total. The van der Waals surface area contributed by atoms with Crippen molar-refractivity contribution in [3.05, 3.63) is 18.3 Å². The number of pyridine rings is 1. The zero-order valence-electron chi connectivity index (χ0n) is 10.1. The summed E-state index contributed by atoms with van der Waals surface area (Å²) in [5.74, 6) is 5.99. The van der Waals surface area contributed by atoms with Crippen LogP contribution in [0.15, 0.2) is 18.3 Å². The second-order valence-electron chi connectivity index (χ2n) is 4.00. The molecule has 2 atom stereocenters. The third kappa shape index (κ3) is 2.49. The number of methoxy groups -OCH3 is 2. The first-order valence-electron chi connectivity index (χ1n) is 5.51. The van der Waals surface area contributed by atoms with Gasteiger partial charge in [-0.25, -0.2) is 10.8 Å². The first-order chi connectivity index (χ1) is 8.28. The van der Waals surface area contributed by atoms with Crippen molar-refractivity contribution in [1.29, 1.82) is 0 Å². The molecule has 94 valence electrons. The van der Waals surface area contributed by atoms with Crippen molar-refractivity contribution in [3.8, 4) is 0 Å². The minimum Gasteiger partial charge on any atom is -0.377 e. The van der Waals surface area contributed by atoms with E-state index in [2.05, 4.69) is 15.3 Å². The Morgan fingerprint density at radius 2 is 2.00 bits per heavy atom. The van der Waals surface area contributed by atoms with E-state index in [0.29, 0.717) is 5.82 Å². The average Bonchev–Trinajstić information content (AvgIpc) is 2.82. The van der Waals surface area contributed by atoms with Gasteiger partial charge in [0.1, 0.15) is 18.0 Å². The summed E-state index contributed by atoms with van der Waals surface area (Å²) >= 11 is 0. The van der Waals surface area contributed by atoms with Crippen molar-refractivity contribution in [2.75, 3.05) is 37.6 Å². The van der Waals surface area contributed by atoms with E-state index in [1.165, 1.54) is 0 Å². The van der Waals surface area contributed by atoms with Gasteiger partial charge in [0.05, 0.1) is 0 Å². The van der Waals surface area contributed by atoms with Gasteiger partial charge in [-0.05, 0) is 6.07 Å². The number of nitrogens with zero attached hydrogens (tertiary/aromatic N) is 2. The zero-order chi connectivity index (χ0) is 12.3. The van der Waals surface area contributed by atoms with Crippen LogP contribution in [0.5, 0.6) is 0 Å². The van der Waals surface area contributed by atoms with Gasteiger partial charge in [0.25, 0.3) is 0 Å². The molecule has 0 saturated carbocycles. The second kappa shape index (κ2) is 5.31. The van der Waals surface area contributed by atoms with Gasteiger partial charge in [-0.15, -0.1) is 0 Å². The average molecular weight is 238 g/mol. The number of nitrogens with one attached hydrogen (secondary N) is 1. The van der Waals surface area contributed by atoms with Crippen molar-refractivity contribution < 1.29 is 9.47 Å². The molecule has 2 heterocycles. The standard InChI is InChI=1S/C11H18N4O2/c1-16-9-6-15(7-10(9)17-2)8-3-4-13-11(5-8)14-12/h3-5,9-10H,6-7,12H2,1-2H3,(H,13,14). The summed E-state index contributed by atoms with van der Waals surface area (Å²) in [6, 6.07) is 3.86. The van der Waals surface area contributed by atoms with E-state index in [4.69, 9.17) is 15.3 Å². The fourth-order valence-corrected chi connectivity index (χ4v) is 2.10. The van der Waals surface area contributed by atoms with Crippen molar-refractivity contribution >= 4 is 11.5 Å². The third-order valence-electron chi connectivity index (χ3n) is 3.08. The summed E-state index contributed by atoms with van der Waals surface area (Å²) in [4.78, 5) is 6.28. The fraction of sp³-hybridized carbons (Fsp3) is 0.545. The Balaban J connectivity index is 2.13. The smallest absolute Gasteiger partial charge is 0.141 e. The van der Waals surface area contributed by atoms with Crippen LogP contribution >= 0.6 is 0 Å². The molecule has 6 heteroatoms. The third-order valence-corrected chi connectivity index (χ3v) is 3.08. The predicted molar refractivity (Wildman–Crippen MR) is 65.9 cm³/mol. The summed E-state index contributed by atoms with van der Waals surface area (Å²) in [7, 11) is 3.42. The lowest BCUT2D eigenvalue weighted by molar-refractivity contribution is -0.00461. The highest BCUT2D eigenvalue weighted by atomic mass is 16.5. The number of ether oxygens (including phenoxy) is 2. The highest BCUT2D eigenvalue weighted by Gasteiger charge is 2.33. The van der Waals surface area contributed by atoms with Crippen molar-refractivity contribution in [1.82, 2.24) is 4.98 Å². The van der Waals surface area contributed by atoms with Crippen molar-refractivity contribution in [3.63, 3.8) is 0 Å². The molecule has 1 aliphatic rings. The number of aromatic nitrogens is 1. The maximum absolute atomic E-state index is 5.40. The van der Waals surface area contributed by atoms with E-state index >= 15 is 0 Å². The van der Waals surface area contributed by atoms with Crippen LogP contribution in [0.2, 0.25) is 0 Å². The van der Waals surface area contributed by atoms with Crippen LogP contribution in [-0.2, 0) is 9.47 Å². The van der Waals surface area contributed by atoms with Crippen LogP contribution in [0.3, 0.4) is 0 Å². The molecule has 17 heavy (non-hydrogen) atoms. The summed E-state index contributed by atoms with van der Waals surface area (Å²) in [5.41, 5.74) is 3.61. The lowest BCUT2D eigenvalue weighted by Gasteiger charge is -2.18. The number of hydrogen-bond acceptors (Lipinski definition) is 6. The summed E-state index contributed by atoms with van der Waals surface area (Å²) in [6.45, 7) is 1.62. The molecule has 0 radical (unpaired) electrons. The van der Waals surface area contributed by atoms with Crippen LogP contribution < -0.4 is 16.2 Å². The minimum absolute atomic E-state index is 0.0995. The fourth-order valence-electron chi connectivity index (χ4n) is 2.10. The Morgan fingerprint density at radius 3 is 2.53 bits per heavy atom. The van der Waals surface area contributed by atoms with Crippen LogP contribution in [0.1, 0.15) is 0 Å². The van der Waals surface area contributed by atoms with E-state index < -0.39 is 0 Å². The SMILES string of the molecule is COC1CN(c2ccnc(NN)c2)CC1OC. The van der Waals surface area contributed by atoms with Gasteiger partial charge >= 0.3 is 0 Å². The van der Waals surface area contributed by atoms with Crippen molar-refractivity contribution in [2.24, 2.45) is 5.84 Å². The second-order valence-corrected chi connectivity index (χ2v) is 4.00. The van der Waals surface area contributed by atoms with Gasteiger partial charge in [-0.3, -0.25) is 0 Å². The number of anilines is 2. The molecular formula is C11H18N4O2. The maximum atomic E-state index is 5.40. The number of hydrazine groups is 1.